The summed E-state index contributed by atoms with van der Waals surface area (Å²) in [5.41, 5.74) is 2.14. The predicted octanol–water partition coefficient (Wildman–Crippen LogP) is 9.64. The summed E-state index contributed by atoms with van der Waals surface area (Å²) in [4.78, 5) is 3.58. The van der Waals surface area contributed by atoms with Gasteiger partial charge in [0.25, 0.3) is 0 Å². The molecule has 0 amide bonds. The summed E-state index contributed by atoms with van der Waals surface area (Å²) in [6.45, 7) is 0. The van der Waals surface area contributed by atoms with Gasteiger partial charge in [-0.15, -0.1) is 0 Å². The highest BCUT2D eigenvalue weighted by atomic mass is 32.2. The van der Waals surface area contributed by atoms with Gasteiger partial charge in [0.15, 0.2) is 0 Å². The summed E-state index contributed by atoms with van der Waals surface area (Å²) in [7, 11) is -0.866. The quantitative estimate of drug-likeness (QED) is 0.139. The van der Waals surface area contributed by atoms with Gasteiger partial charge in [0.2, 0.25) is 0 Å². The third-order valence-corrected chi connectivity index (χ3v) is 9.58. The third kappa shape index (κ3) is 5.54. The van der Waals surface area contributed by atoms with Crippen LogP contribution in [-0.4, -0.2) is 15.3 Å². The fourth-order valence-corrected chi connectivity index (χ4v) is 7.56. The monoisotopic (exact) mass is 586 g/mol. The van der Waals surface area contributed by atoms with Crippen molar-refractivity contribution in [1.29, 1.82) is 0 Å². The predicted molar refractivity (Wildman–Crippen MR) is 167 cm³/mol. The van der Waals surface area contributed by atoms with E-state index in [1.165, 1.54) is 14.7 Å². The molecule has 0 fully saturated rings. The maximum absolute atomic E-state index is 9.65. The first-order valence-corrected chi connectivity index (χ1v) is 14.9. The molecule has 0 radical (unpaired) electrons. The van der Waals surface area contributed by atoms with Gasteiger partial charge in [-0.05, 0) is 149 Å². The molecule has 1 heterocycles. The number of hydrogen-bond acceptors (Lipinski definition) is 6. The van der Waals surface area contributed by atoms with E-state index in [4.69, 9.17) is 14.2 Å². The highest BCUT2D eigenvalue weighted by molar-refractivity contribution is 8.17. The molecule has 0 atom stereocenters. The average molecular weight is 587 g/mol. The van der Waals surface area contributed by atoms with Crippen LogP contribution in [0, 0.1) is 0 Å². The molecule has 7 heteroatoms. The summed E-state index contributed by atoms with van der Waals surface area (Å²) < 4.78 is 18.3. The molecule has 1 aliphatic heterocycles. The van der Waals surface area contributed by atoms with Crippen LogP contribution in [0.2, 0.25) is 0 Å². The Morgan fingerprint density at radius 1 is 0.349 bits per heavy atom. The van der Waals surface area contributed by atoms with Gasteiger partial charge in [-0.2, -0.15) is 10.9 Å². The average Bonchev–Trinajstić information content (AvgIpc) is 3.34. The molecule has 0 saturated heterocycles. The number of rotatable bonds is 7. The van der Waals surface area contributed by atoms with Crippen molar-refractivity contribution in [3.05, 3.63) is 133 Å². The van der Waals surface area contributed by atoms with Crippen molar-refractivity contribution in [1.82, 2.24) is 0 Å². The number of ether oxygens (including phenoxy) is 3. The number of phenols is 3. The van der Waals surface area contributed by atoms with Crippen LogP contribution in [0.4, 0.5) is 0 Å². The Balaban J connectivity index is 1.24. The molecule has 1 aliphatic rings. The molecule has 0 aromatic heterocycles. The van der Waals surface area contributed by atoms with Crippen molar-refractivity contribution < 1.29 is 29.5 Å². The van der Waals surface area contributed by atoms with Crippen molar-refractivity contribution >= 4 is 10.9 Å². The topological polar surface area (TPSA) is 88.4 Å². The van der Waals surface area contributed by atoms with Crippen LogP contribution in [0.3, 0.4) is 0 Å². The second-order valence-corrected chi connectivity index (χ2v) is 12.1. The summed E-state index contributed by atoms with van der Waals surface area (Å²) in [5, 5.41) is 28.9. The molecule has 212 valence electrons. The molecule has 43 heavy (non-hydrogen) atoms. The van der Waals surface area contributed by atoms with Crippen LogP contribution >= 0.6 is 10.9 Å². The van der Waals surface area contributed by atoms with Gasteiger partial charge in [-0.3, -0.25) is 0 Å². The van der Waals surface area contributed by atoms with Crippen LogP contribution in [0.25, 0.3) is 11.1 Å². The lowest BCUT2D eigenvalue weighted by Crippen LogP contribution is -1.87. The first-order chi connectivity index (χ1) is 21.0. The molecule has 6 aromatic carbocycles. The van der Waals surface area contributed by atoms with E-state index in [0.29, 0.717) is 34.5 Å². The number of aromatic hydroxyl groups is 3. The Kier molecular flexibility index (Phi) is 6.77. The number of hydrogen-bond donors (Lipinski definition) is 4. The van der Waals surface area contributed by atoms with Crippen molar-refractivity contribution in [3.63, 3.8) is 0 Å². The van der Waals surface area contributed by atoms with E-state index in [-0.39, 0.29) is 17.2 Å². The van der Waals surface area contributed by atoms with Gasteiger partial charge in [-0.1, -0.05) is 0 Å². The number of fused-ring (bicyclic) bond motifs is 3. The second-order valence-electron chi connectivity index (χ2n) is 9.98. The lowest BCUT2D eigenvalue weighted by Gasteiger charge is -2.20. The normalized spacial score (nSPS) is 12.3. The van der Waals surface area contributed by atoms with E-state index in [2.05, 4.69) is 36.4 Å². The minimum absolute atomic E-state index is 0.182. The number of phenolic OH excluding ortho intramolecular Hbond substituents is 3. The van der Waals surface area contributed by atoms with E-state index >= 15 is 0 Å². The summed E-state index contributed by atoms with van der Waals surface area (Å²) >= 11 is 0. The van der Waals surface area contributed by atoms with Crippen LogP contribution in [0.15, 0.2) is 148 Å². The molecule has 3 N–H and O–H groups in total. The van der Waals surface area contributed by atoms with Crippen LogP contribution in [0.1, 0.15) is 0 Å². The van der Waals surface area contributed by atoms with E-state index in [9.17, 15) is 15.3 Å². The third-order valence-electron chi connectivity index (χ3n) is 7.02. The highest BCUT2D eigenvalue weighted by Crippen LogP contribution is 2.63. The van der Waals surface area contributed by atoms with E-state index in [1.807, 2.05) is 24.3 Å². The van der Waals surface area contributed by atoms with E-state index in [0.717, 1.165) is 11.1 Å². The van der Waals surface area contributed by atoms with Crippen LogP contribution in [-0.2, 0) is 0 Å². The maximum Gasteiger partial charge on any atom is 0.128 e. The molecule has 6 nitrogen and oxygen atoms in total. The Labute approximate surface area is 251 Å². The molecule has 0 saturated carbocycles. The zero-order chi connectivity index (χ0) is 29.3. The molecule has 0 aliphatic carbocycles. The molecule has 7 rings (SSSR count). The summed E-state index contributed by atoms with van der Waals surface area (Å²) in [6.07, 6.45) is 0. The molecular formula is C36H26O6S. The summed E-state index contributed by atoms with van der Waals surface area (Å²) in [5.74, 6) is 4.55. The van der Waals surface area contributed by atoms with Gasteiger partial charge in [0, 0.05) is 9.79 Å². The maximum atomic E-state index is 9.65. The first-order valence-electron chi connectivity index (χ1n) is 13.6. The van der Waals surface area contributed by atoms with Crippen LogP contribution < -0.4 is 14.2 Å². The van der Waals surface area contributed by atoms with Gasteiger partial charge < -0.3 is 29.5 Å². The zero-order valence-corrected chi connectivity index (χ0v) is 23.6. The van der Waals surface area contributed by atoms with Gasteiger partial charge in [0.05, 0.1) is 0 Å². The molecular weight excluding hydrogens is 560 g/mol. The Hall–Kier alpha value is -5.53. The van der Waals surface area contributed by atoms with Gasteiger partial charge in [0.1, 0.15) is 51.7 Å². The zero-order valence-electron chi connectivity index (χ0n) is 22.7. The molecule has 0 bridgehead atoms. The van der Waals surface area contributed by atoms with E-state index < -0.39 is 10.9 Å². The smallest absolute Gasteiger partial charge is 0.128 e. The SMILES string of the molecule is Oc1ccc(Oc2ccc([SH]3c4ccc(Oc5ccc(O)cc5)cc4-c4cc(Oc5ccc(O)cc5)ccc43)cc2)cc1. The van der Waals surface area contributed by atoms with Crippen molar-refractivity contribution in [2.75, 3.05) is 0 Å². The van der Waals surface area contributed by atoms with E-state index in [1.54, 1.807) is 72.8 Å². The summed E-state index contributed by atoms with van der Waals surface area (Å²) in [6, 6.07) is 40.4. The first kappa shape index (κ1) is 26.4. The highest BCUT2D eigenvalue weighted by Gasteiger charge is 2.28. The minimum atomic E-state index is -0.866. The standard InChI is InChI=1S/C36H26O6S/c37-23-1-7-26(8-2-23)40-29-13-17-32(18-14-29)43-35-19-15-30(41-27-9-3-24(38)4-10-27)21-33(35)34-22-31(16-20-36(34)43)42-28-11-5-25(39)6-12-28/h1-22,37-39,43H. The fraction of sp³-hybridized carbons (Fsp3) is 0. The van der Waals surface area contributed by atoms with Crippen LogP contribution in [0.5, 0.6) is 51.7 Å². The Bertz CT molecular complexity index is 1800. The lowest BCUT2D eigenvalue weighted by molar-refractivity contribution is 0.464. The number of thiol groups is 1. The molecule has 0 unspecified atom stereocenters. The fourth-order valence-electron chi connectivity index (χ4n) is 5.00. The lowest BCUT2D eigenvalue weighted by atomic mass is 10.1. The Morgan fingerprint density at radius 2 is 0.651 bits per heavy atom. The largest absolute Gasteiger partial charge is 0.508 e. The van der Waals surface area contributed by atoms with Crippen molar-refractivity contribution in [3.8, 4) is 62.9 Å². The molecule has 0 spiro atoms. The minimum Gasteiger partial charge on any atom is -0.508 e. The van der Waals surface area contributed by atoms with Crippen molar-refractivity contribution in [2.24, 2.45) is 0 Å². The molecule has 6 aromatic rings. The van der Waals surface area contributed by atoms with Crippen molar-refractivity contribution in [2.45, 2.75) is 14.7 Å². The van der Waals surface area contributed by atoms with Gasteiger partial charge >= 0.3 is 0 Å². The number of benzene rings is 6. The second kappa shape index (κ2) is 11.0. The Morgan fingerprint density at radius 3 is 1.02 bits per heavy atom. The van der Waals surface area contributed by atoms with Gasteiger partial charge in [-0.25, -0.2) is 0 Å².